The van der Waals surface area contributed by atoms with Crippen molar-refractivity contribution in [2.45, 2.75) is 19.5 Å². The van der Waals surface area contributed by atoms with Crippen LogP contribution in [0.25, 0.3) is 16.9 Å². The Labute approximate surface area is 170 Å². The Hall–Kier alpha value is -3.31. The first kappa shape index (κ1) is 17.8. The first-order valence-corrected chi connectivity index (χ1v) is 9.92. The summed E-state index contributed by atoms with van der Waals surface area (Å²) in [5.74, 6) is 0.828. The molecule has 29 heavy (non-hydrogen) atoms. The van der Waals surface area contributed by atoms with Crippen molar-refractivity contribution in [3.63, 3.8) is 0 Å². The third kappa shape index (κ3) is 3.23. The molecule has 0 spiro atoms. The molecule has 5 heteroatoms. The number of hydrogen-bond donors (Lipinski definition) is 1. The third-order valence-corrected chi connectivity index (χ3v) is 5.69. The topological polar surface area (TPSA) is 55.8 Å². The molecule has 0 fully saturated rings. The van der Waals surface area contributed by atoms with Crippen molar-refractivity contribution in [2.75, 3.05) is 19.4 Å². The summed E-state index contributed by atoms with van der Waals surface area (Å²) in [7, 11) is 1.70. The molecule has 0 bridgehead atoms. The number of fused-ring (bicyclic) bond motifs is 2. The fourth-order valence-corrected chi connectivity index (χ4v) is 4.22. The van der Waals surface area contributed by atoms with Crippen LogP contribution in [0, 0.1) is 0 Å². The number of nitrogens with two attached hydrogens (primary N) is 1. The summed E-state index contributed by atoms with van der Waals surface area (Å²) in [6, 6.07) is 20.6. The van der Waals surface area contributed by atoms with Gasteiger partial charge in [0.15, 0.2) is 0 Å². The predicted octanol–water partition coefficient (Wildman–Crippen LogP) is 4.15. The van der Waals surface area contributed by atoms with Gasteiger partial charge in [-0.05, 0) is 41.8 Å². The van der Waals surface area contributed by atoms with Crippen LogP contribution in [0.3, 0.4) is 0 Å². The minimum absolute atomic E-state index is 0.728. The monoisotopic (exact) mass is 384 g/mol. The first-order chi connectivity index (χ1) is 14.2. The number of pyridine rings is 1. The molecule has 0 atom stereocenters. The average Bonchev–Trinajstić information content (AvgIpc) is 3.11. The zero-order valence-corrected chi connectivity index (χ0v) is 16.5. The van der Waals surface area contributed by atoms with E-state index in [4.69, 9.17) is 15.5 Å². The Morgan fingerprint density at radius 3 is 2.66 bits per heavy atom. The fourth-order valence-electron chi connectivity index (χ4n) is 4.22. The third-order valence-electron chi connectivity index (χ3n) is 5.69. The van der Waals surface area contributed by atoms with E-state index < -0.39 is 0 Å². The van der Waals surface area contributed by atoms with Crippen LogP contribution in [0.2, 0.25) is 0 Å². The molecule has 0 amide bonds. The summed E-state index contributed by atoms with van der Waals surface area (Å²) in [4.78, 5) is 7.42. The van der Waals surface area contributed by atoms with Crippen LogP contribution in [0.5, 0.6) is 5.75 Å². The number of para-hydroxylation sites is 1. The van der Waals surface area contributed by atoms with Crippen LogP contribution < -0.4 is 10.5 Å². The van der Waals surface area contributed by atoms with E-state index in [0.29, 0.717) is 0 Å². The van der Waals surface area contributed by atoms with Gasteiger partial charge in [0.05, 0.1) is 18.5 Å². The van der Waals surface area contributed by atoms with E-state index in [-0.39, 0.29) is 0 Å². The normalized spacial score (nSPS) is 14.1. The van der Waals surface area contributed by atoms with E-state index in [1.807, 2.05) is 36.5 Å². The number of aromatic nitrogens is 2. The molecule has 5 nitrogen and oxygen atoms in total. The van der Waals surface area contributed by atoms with Gasteiger partial charge in [0.2, 0.25) is 0 Å². The molecule has 0 unspecified atom stereocenters. The second-order valence-corrected chi connectivity index (χ2v) is 7.53. The van der Waals surface area contributed by atoms with Gasteiger partial charge in [-0.2, -0.15) is 0 Å². The van der Waals surface area contributed by atoms with Gasteiger partial charge < -0.3 is 14.9 Å². The lowest BCUT2D eigenvalue weighted by Gasteiger charge is -2.28. The van der Waals surface area contributed by atoms with E-state index in [1.165, 1.54) is 11.1 Å². The van der Waals surface area contributed by atoms with Crippen molar-refractivity contribution in [3.8, 4) is 17.0 Å². The maximum Gasteiger partial charge on any atom is 0.137 e. The number of nitrogen functional groups attached to an aromatic ring is 1. The lowest BCUT2D eigenvalue weighted by molar-refractivity contribution is 0.242. The summed E-state index contributed by atoms with van der Waals surface area (Å²) in [5, 5.41) is 0. The Kier molecular flexibility index (Phi) is 4.45. The zero-order valence-electron chi connectivity index (χ0n) is 16.5. The Balaban J connectivity index is 1.60. The molecule has 3 heterocycles. The number of methoxy groups -OCH3 is 1. The summed E-state index contributed by atoms with van der Waals surface area (Å²) in [6.45, 7) is 2.77. The fraction of sp³-hybridized carbons (Fsp3) is 0.208. The molecular formula is C24H24N4O. The number of imidazole rings is 1. The van der Waals surface area contributed by atoms with Crippen molar-refractivity contribution in [3.05, 3.63) is 83.7 Å². The molecule has 1 aliphatic rings. The molecule has 0 aliphatic carbocycles. The highest BCUT2D eigenvalue weighted by molar-refractivity contribution is 5.72. The van der Waals surface area contributed by atoms with Gasteiger partial charge in [0.25, 0.3) is 0 Å². The number of benzene rings is 2. The zero-order chi connectivity index (χ0) is 19.8. The van der Waals surface area contributed by atoms with Crippen LogP contribution in [0.1, 0.15) is 16.8 Å². The van der Waals surface area contributed by atoms with Gasteiger partial charge in [0.1, 0.15) is 11.4 Å². The van der Waals surface area contributed by atoms with Crippen LogP contribution in [0.4, 0.5) is 5.69 Å². The maximum atomic E-state index is 6.11. The molecule has 2 aromatic heterocycles. The summed E-state index contributed by atoms with van der Waals surface area (Å²) in [5.41, 5.74) is 13.7. The first-order valence-electron chi connectivity index (χ1n) is 9.92. The van der Waals surface area contributed by atoms with E-state index in [0.717, 1.165) is 60.1 Å². The SMILES string of the molecule is COc1ccccc1-c1nc2ccc(N)cn2c1CN1CCc2ccccc2C1. The summed E-state index contributed by atoms with van der Waals surface area (Å²) >= 11 is 0. The van der Waals surface area contributed by atoms with E-state index in [1.54, 1.807) is 7.11 Å². The molecule has 0 saturated carbocycles. The minimum atomic E-state index is 0.728. The van der Waals surface area contributed by atoms with Gasteiger partial charge in [-0.25, -0.2) is 4.98 Å². The molecule has 146 valence electrons. The highest BCUT2D eigenvalue weighted by atomic mass is 16.5. The van der Waals surface area contributed by atoms with Crippen molar-refractivity contribution in [1.82, 2.24) is 14.3 Å². The lowest BCUT2D eigenvalue weighted by Crippen LogP contribution is -2.30. The molecule has 2 aromatic carbocycles. The largest absolute Gasteiger partial charge is 0.496 e. The van der Waals surface area contributed by atoms with Crippen LogP contribution in [0.15, 0.2) is 66.9 Å². The number of rotatable bonds is 4. The van der Waals surface area contributed by atoms with Crippen LogP contribution in [-0.2, 0) is 19.5 Å². The number of anilines is 1. The van der Waals surface area contributed by atoms with Crippen LogP contribution >= 0.6 is 0 Å². The number of hydrogen-bond acceptors (Lipinski definition) is 4. The number of nitrogens with zero attached hydrogens (tertiary/aromatic N) is 3. The van der Waals surface area contributed by atoms with Crippen molar-refractivity contribution < 1.29 is 4.74 Å². The second-order valence-electron chi connectivity index (χ2n) is 7.53. The predicted molar refractivity (Wildman–Crippen MR) is 116 cm³/mol. The quantitative estimate of drug-likeness (QED) is 0.574. The average molecular weight is 384 g/mol. The molecular weight excluding hydrogens is 360 g/mol. The lowest BCUT2D eigenvalue weighted by atomic mass is 9.99. The molecule has 0 saturated heterocycles. The van der Waals surface area contributed by atoms with Crippen molar-refractivity contribution in [2.24, 2.45) is 0 Å². The van der Waals surface area contributed by atoms with Crippen molar-refractivity contribution in [1.29, 1.82) is 0 Å². The van der Waals surface area contributed by atoms with Gasteiger partial charge in [-0.15, -0.1) is 0 Å². The Bertz CT molecular complexity index is 1180. The van der Waals surface area contributed by atoms with E-state index in [9.17, 15) is 0 Å². The van der Waals surface area contributed by atoms with Gasteiger partial charge in [0, 0.05) is 37.1 Å². The second kappa shape index (κ2) is 7.26. The van der Waals surface area contributed by atoms with Gasteiger partial charge >= 0.3 is 0 Å². The minimum Gasteiger partial charge on any atom is -0.496 e. The smallest absolute Gasteiger partial charge is 0.137 e. The standard InChI is InChI=1S/C24H24N4O/c1-29-22-9-5-4-8-20(22)24-21(28-15-19(25)10-11-23(28)26-24)16-27-13-12-17-6-2-3-7-18(17)14-27/h2-11,15H,12-14,16,25H2,1H3. The maximum absolute atomic E-state index is 6.11. The molecule has 5 rings (SSSR count). The highest BCUT2D eigenvalue weighted by Crippen LogP contribution is 2.33. The number of ether oxygens (including phenoxy) is 1. The molecule has 4 aromatic rings. The van der Waals surface area contributed by atoms with E-state index >= 15 is 0 Å². The van der Waals surface area contributed by atoms with E-state index in [2.05, 4.69) is 39.6 Å². The van der Waals surface area contributed by atoms with Gasteiger partial charge in [-0.3, -0.25) is 4.90 Å². The summed E-state index contributed by atoms with van der Waals surface area (Å²) < 4.78 is 7.75. The van der Waals surface area contributed by atoms with Gasteiger partial charge in [-0.1, -0.05) is 36.4 Å². The Morgan fingerprint density at radius 1 is 1.00 bits per heavy atom. The highest BCUT2D eigenvalue weighted by Gasteiger charge is 2.22. The Morgan fingerprint density at radius 2 is 1.79 bits per heavy atom. The molecule has 0 radical (unpaired) electrons. The summed E-state index contributed by atoms with van der Waals surface area (Å²) in [6.07, 6.45) is 3.04. The molecule has 2 N–H and O–H groups in total. The molecule has 1 aliphatic heterocycles. The van der Waals surface area contributed by atoms with Crippen molar-refractivity contribution >= 4 is 11.3 Å². The van der Waals surface area contributed by atoms with Crippen LogP contribution in [-0.4, -0.2) is 27.9 Å².